The molecule has 22 heavy (non-hydrogen) atoms. The molecule has 0 amide bonds. The summed E-state index contributed by atoms with van der Waals surface area (Å²) in [5.74, 6) is 1.65. The van der Waals surface area contributed by atoms with Crippen molar-refractivity contribution in [1.82, 2.24) is 0 Å². The standard InChI is InChI=1S/C19H32O3/c1-17(2)13(10-15-19(17,4)22-15)9-14-11-18(14,3)12-21-16-7-5-6-8-20-16/h13-16H,5-12H2,1-4H3/t13-,14?,15-,16?,18?,19-/m0/s1. The third kappa shape index (κ3) is 2.35. The summed E-state index contributed by atoms with van der Waals surface area (Å²) < 4.78 is 17.7. The molecule has 0 N–H and O–H groups in total. The Balaban J connectivity index is 1.27. The van der Waals surface area contributed by atoms with Crippen molar-refractivity contribution in [2.75, 3.05) is 13.2 Å². The lowest BCUT2D eigenvalue weighted by Crippen LogP contribution is -2.33. The molecule has 4 rings (SSSR count). The maximum atomic E-state index is 6.06. The second-order valence-corrected chi connectivity index (χ2v) is 9.27. The normalized spacial score (nSPS) is 52.4. The minimum Gasteiger partial charge on any atom is -0.366 e. The van der Waals surface area contributed by atoms with Gasteiger partial charge in [-0.1, -0.05) is 20.8 Å². The highest BCUT2D eigenvalue weighted by Gasteiger charge is 2.70. The van der Waals surface area contributed by atoms with Crippen molar-refractivity contribution < 1.29 is 14.2 Å². The van der Waals surface area contributed by atoms with Crippen LogP contribution in [0.4, 0.5) is 0 Å². The van der Waals surface area contributed by atoms with Gasteiger partial charge in [0, 0.05) is 6.61 Å². The van der Waals surface area contributed by atoms with Crippen LogP contribution < -0.4 is 0 Å². The molecule has 6 atom stereocenters. The zero-order valence-electron chi connectivity index (χ0n) is 14.7. The molecule has 0 aromatic carbocycles. The first-order valence-corrected chi connectivity index (χ1v) is 9.26. The van der Waals surface area contributed by atoms with Crippen molar-refractivity contribution in [1.29, 1.82) is 0 Å². The molecule has 2 saturated heterocycles. The molecule has 3 nitrogen and oxygen atoms in total. The zero-order valence-corrected chi connectivity index (χ0v) is 14.7. The summed E-state index contributed by atoms with van der Waals surface area (Å²) in [6, 6.07) is 0. The van der Waals surface area contributed by atoms with Gasteiger partial charge in [-0.25, -0.2) is 0 Å². The van der Waals surface area contributed by atoms with E-state index in [0.717, 1.165) is 31.5 Å². The lowest BCUT2D eigenvalue weighted by molar-refractivity contribution is -0.171. The molecule has 2 saturated carbocycles. The van der Waals surface area contributed by atoms with Crippen molar-refractivity contribution >= 4 is 0 Å². The number of ether oxygens (including phenoxy) is 3. The van der Waals surface area contributed by atoms with E-state index in [-0.39, 0.29) is 11.9 Å². The Morgan fingerprint density at radius 1 is 1.09 bits per heavy atom. The van der Waals surface area contributed by atoms with Crippen molar-refractivity contribution in [3.05, 3.63) is 0 Å². The maximum Gasteiger partial charge on any atom is 0.157 e. The summed E-state index contributed by atoms with van der Waals surface area (Å²) in [7, 11) is 0. The van der Waals surface area contributed by atoms with Gasteiger partial charge in [-0.15, -0.1) is 0 Å². The van der Waals surface area contributed by atoms with E-state index in [0.29, 0.717) is 16.9 Å². The fraction of sp³-hybridized carbons (Fsp3) is 1.00. The number of fused-ring (bicyclic) bond motifs is 1. The fourth-order valence-electron chi connectivity index (χ4n) is 4.97. The van der Waals surface area contributed by atoms with Crippen molar-refractivity contribution in [2.24, 2.45) is 22.7 Å². The largest absolute Gasteiger partial charge is 0.366 e. The van der Waals surface area contributed by atoms with E-state index < -0.39 is 0 Å². The average molecular weight is 308 g/mol. The predicted octanol–water partition coefficient (Wildman–Crippen LogP) is 4.15. The van der Waals surface area contributed by atoms with Crippen molar-refractivity contribution in [3.63, 3.8) is 0 Å². The van der Waals surface area contributed by atoms with Crippen LogP contribution in [0.3, 0.4) is 0 Å². The van der Waals surface area contributed by atoms with Crippen molar-refractivity contribution in [3.8, 4) is 0 Å². The van der Waals surface area contributed by atoms with Crippen LogP contribution in [0.1, 0.15) is 66.2 Å². The Hall–Kier alpha value is -0.120. The minimum atomic E-state index is 0.0645. The third-order valence-corrected chi connectivity index (χ3v) is 7.59. The van der Waals surface area contributed by atoms with Gasteiger partial charge in [0.2, 0.25) is 0 Å². The number of epoxide rings is 1. The van der Waals surface area contributed by atoms with Gasteiger partial charge in [0.15, 0.2) is 6.29 Å². The fourth-order valence-corrected chi connectivity index (χ4v) is 4.97. The van der Waals surface area contributed by atoms with Gasteiger partial charge in [-0.05, 0) is 68.1 Å². The van der Waals surface area contributed by atoms with Gasteiger partial charge in [-0.3, -0.25) is 0 Å². The predicted molar refractivity (Wildman–Crippen MR) is 85.5 cm³/mol. The lowest BCUT2D eigenvalue weighted by Gasteiger charge is -2.34. The van der Waals surface area contributed by atoms with Crippen LogP contribution in [0.5, 0.6) is 0 Å². The van der Waals surface area contributed by atoms with Crippen LogP contribution in [0.15, 0.2) is 0 Å². The molecule has 0 bridgehead atoms. The molecule has 0 aromatic heterocycles. The highest BCUT2D eigenvalue weighted by molar-refractivity contribution is 5.18. The Morgan fingerprint density at radius 3 is 2.55 bits per heavy atom. The van der Waals surface area contributed by atoms with Gasteiger partial charge in [0.05, 0.1) is 18.3 Å². The summed E-state index contributed by atoms with van der Waals surface area (Å²) in [4.78, 5) is 0. The minimum absolute atomic E-state index is 0.0645. The van der Waals surface area contributed by atoms with Gasteiger partial charge in [-0.2, -0.15) is 0 Å². The molecule has 4 fully saturated rings. The van der Waals surface area contributed by atoms with Crippen LogP contribution in [0, 0.1) is 22.7 Å². The summed E-state index contributed by atoms with van der Waals surface area (Å²) >= 11 is 0. The number of hydrogen-bond acceptors (Lipinski definition) is 3. The van der Waals surface area contributed by atoms with Crippen LogP contribution in [0.25, 0.3) is 0 Å². The maximum absolute atomic E-state index is 6.06. The Bertz CT molecular complexity index is 442. The summed E-state index contributed by atoms with van der Waals surface area (Å²) in [5.41, 5.74) is 0.884. The van der Waals surface area contributed by atoms with Crippen LogP contribution in [-0.2, 0) is 14.2 Å². The lowest BCUT2D eigenvalue weighted by atomic mass is 9.72. The number of rotatable bonds is 5. The highest BCUT2D eigenvalue weighted by Crippen LogP contribution is 2.67. The monoisotopic (exact) mass is 308 g/mol. The molecule has 4 aliphatic rings. The van der Waals surface area contributed by atoms with E-state index in [4.69, 9.17) is 14.2 Å². The zero-order chi connectivity index (χ0) is 15.6. The Morgan fingerprint density at radius 2 is 1.91 bits per heavy atom. The van der Waals surface area contributed by atoms with Crippen LogP contribution >= 0.6 is 0 Å². The SMILES string of the molecule is CC1(COC2CCCCO2)CC1C[C@H]1C[C@@H]2O[C@]2(C)C1(C)C. The molecule has 0 radical (unpaired) electrons. The molecule has 126 valence electrons. The van der Waals surface area contributed by atoms with E-state index in [2.05, 4.69) is 27.7 Å². The molecule has 2 aliphatic carbocycles. The van der Waals surface area contributed by atoms with E-state index >= 15 is 0 Å². The second kappa shape index (κ2) is 4.94. The van der Waals surface area contributed by atoms with E-state index in [1.807, 2.05) is 0 Å². The average Bonchev–Trinajstić information content (AvgIpc) is 3.33. The van der Waals surface area contributed by atoms with Gasteiger partial charge < -0.3 is 14.2 Å². The molecule has 2 heterocycles. The molecular formula is C19H32O3. The topological polar surface area (TPSA) is 31.0 Å². The van der Waals surface area contributed by atoms with Gasteiger partial charge >= 0.3 is 0 Å². The third-order valence-electron chi connectivity index (χ3n) is 7.59. The van der Waals surface area contributed by atoms with E-state index in [1.54, 1.807) is 0 Å². The van der Waals surface area contributed by atoms with Crippen LogP contribution in [-0.4, -0.2) is 31.2 Å². The molecule has 3 heteroatoms. The van der Waals surface area contributed by atoms with E-state index in [1.165, 1.54) is 32.1 Å². The molecule has 3 unspecified atom stereocenters. The highest BCUT2D eigenvalue weighted by atomic mass is 16.7. The second-order valence-electron chi connectivity index (χ2n) is 9.27. The van der Waals surface area contributed by atoms with Crippen molar-refractivity contribution in [2.45, 2.75) is 84.2 Å². The quantitative estimate of drug-likeness (QED) is 0.715. The Labute approximate surface area is 135 Å². The molecule has 0 spiro atoms. The summed E-state index contributed by atoms with van der Waals surface area (Å²) in [6.45, 7) is 11.3. The first-order chi connectivity index (χ1) is 10.4. The van der Waals surface area contributed by atoms with Gasteiger partial charge in [0.25, 0.3) is 0 Å². The summed E-state index contributed by atoms with van der Waals surface area (Å²) in [5, 5.41) is 0. The number of hydrogen-bond donors (Lipinski definition) is 0. The van der Waals surface area contributed by atoms with E-state index in [9.17, 15) is 0 Å². The summed E-state index contributed by atoms with van der Waals surface area (Å²) in [6.07, 6.45) is 8.07. The first kappa shape index (κ1) is 15.4. The smallest absolute Gasteiger partial charge is 0.157 e. The van der Waals surface area contributed by atoms with Gasteiger partial charge in [0.1, 0.15) is 0 Å². The van der Waals surface area contributed by atoms with Crippen LogP contribution in [0.2, 0.25) is 0 Å². The molecule has 2 aliphatic heterocycles. The Kier molecular flexibility index (Phi) is 3.46. The first-order valence-electron chi connectivity index (χ1n) is 9.26. The molecular weight excluding hydrogens is 276 g/mol. The molecule has 0 aromatic rings.